The van der Waals surface area contributed by atoms with Crippen LogP contribution in [0.2, 0.25) is 5.02 Å². The molecule has 1 aromatic heterocycles. The third-order valence-electron chi connectivity index (χ3n) is 3.84. The van der Waals surface area contributed by atoms with Gasteiger partial charge < -0.3 is 9.64 Å². The molecule has 0 bridgehead atoms. The van der Waals surface area contributed by atoms with Gasteiger partial charge in [0.15, 0.2) is 0 Å². The SMILES string of the molecule is COc1ccc(Cl)cc1C(=O)N1CC(Cn2cc(C)cn2)C1. The van der Waals surface area contributed by atoms with Gasteiger partial charge in [0.2, 0.25) is 0 Å². The van der Waals surface area contributed by atoms with Crippen LogP contribution in [0.15, 0.2) is 30.6 Å². The van der Waals surface area contributed by atoms with Gasteiger partial charge >= 0.3 is 0 Å². The number of likely N-dealkylation sites (tertiary alicyclic amines) is 1. The largest absolute Gasteiger partial charge is 0.496 e. The van der Waals surface area contributed by atoms with E-state index in [9.17, 15) is 4.79 Å². The molecule has 22 heavy (non-hydrogen) atoms. The molecule has 0 saturated carbocycles. The van der Waals surface area contributed by atoms with Crippen molar-refractivity contribution in [1.82, 2.24) is 14.7 Å². The van der Waals surface area contributed by atoms with Gasteiger partial charge in [-0.1, -0.05) is 11.6 Å². The first-order valence-electron chi connectivity index (χ1n) is 7.18. The molecular weight excluding hydrogens is 302 g/mol. The zero-order chi connectivity index (χ0) is 15.7. The van der Waals surface area contributed by atoms with E-state index >= 15 is 0 Å². The maximum Gasteiger partial charge on any atom is 0.257 e. The minimum atomic E-state index is -0.0350. The zero-order valence-corrected chi connectivity index (χ0v) is 13.4. The first kappa shape index (κ1) is 14.9. The summed E-state index contributed by atoms with van der Waals surface area (Å²) >= 11 is 5.98. The molecule has 1 aliphatic rings. The van der Waals surface area contributed by atoms with Crippen LogP contribution in [0.25, 0.3) is 0 Å². The summed E-state index contributed by atoms with van der Waals surface area (Å²) in [5, 5.41) is 4.82. The number of methoxy groups -OCH3 is 1. The monoisotopic (exact) mass is 319 g/mol. The number of rotatable bonds is 4. The van der Waals surface area contributed by atoms with E-state index in [0.717, 1.165) is 25.2 Å². The van der Waals surface area contributed by atoms with Crippen LogP contribution in [0.1, 0.15) is 15.9 Å². The molecule has 1 saturated heterocycles. The summed E-state index contributed by atoms with van der Waals surface area (Å²) in [6.07, 6.45) is 3.86. The van der Waals surface area contributed by atoms with Gasteiger partial charge in [-0.15, -0.1) is 0 Å². The number of nitrogens with zero attached hydrogens (tertiary/aromatic N) is 3. The van der Waals surface area contributed by atoms with Gasteiger partial charge in [-0.3, -0.25) is 9.48 Å². The quantitative estimate of drug-likeness (QED) is 0.870. The molecule has 1 fully saturated rings. The van der Waals surface area contributed by atoms with Crippen LogP contribution < -0.4 is 4.74 Å². The molecule has 116 valence electrons. The minimum absolute atomic E-state index is 0.0350. The lowest BCUT2D eigenvalue weighted by atomic mass is 9.98. The Kier molecular flexibility index (Phi) is 4.07. The van der Waals surface area contributed by atoms with E-state index in [4.69, 9.17) is 16.3 Å². The van der Waals surface area contributed by atoms with Crippen LogP contribution >= 0.6 is 11.6 Å². The second-order valence-corrected chi connectivity index (χ2v) is 6.10. The summed E-state index contributed by atoms with van der Waals surface area (Å²) in [6.45, 7) is 4.32. The second-order valence-electron chi connectivity index (χ2n) is 5.66. The fourth-order valence-electron chi connectivity index (χ4n) is 2.70. The number of carbonyl (C=O) groups is 1. The van der Waals surface area contributed by atoms with Crippen LogP contribution in [0.5, 0.6) is 5.75 Å². The molecule has 3 rings (SSSR count). The summed E-state index contributed by atoms with van der Waals surface area (Å²) in [5.41, 5.74) is 1.67. The van der Waals surface area contributed by atoms with Crippen molar-refractivity contribution in [2.24, 2.45) is 5.92 Å². The molecule has 2 aromatic rings. The van der Waals surface area contributed by atoms with E-state index in [1.165, 1.54) is 0 Å². The zero-order valence-electron chi connectivity index (χ0n) is 12.6. The van der Waals surface area contributed by atoms with Crippen molar-refractivity contribution in [3.63, 3.8) is 0 Å². The van der Waals surface area contributed by atoms with Gasteiger partial charge in [-0.05, 0) is 30.7 Å². The Balaban J connectivity index is 1.63. The van der Waals surface area contributed by atoms with Crippen molar-refractivity contribution in [1.29, 1.82) is 0 Å². The maximum absolute atomic E-state index is 12.5. The summed E-state index contributed by atoms with van der Waals surface area (Å²) in [5.74, 6) is 0.959. The van der Waals surface area contributed by atoms with Crippen molar-refractivity contribution in [3.8, 4) is 5.75 Å². The third-order valence-corrected chi connectivity index (χ3v) is 4.08. The van der Waals surface area contributed by atoms with Gasteiger partial charge in [-0.25, -0.2) is 0 Å². The summed E-state index contributed by atoms with van der Waals surface area (Å²) in [6, 6.07) is 5.10. The molecule has 0 N–H and O–H groups in total. The lowest BCUT2D eigenvalue weighted by Crippen LogP contribution is -2.51. The van der Waals surface area contributed by atoms with Crippen molar-refractivity contribution < 1.29 is 9.53 Å². The summed E-state index contributed by atoms with van der Waals surface area (Å²) in [4.78, 5) is 14.3. The van der Waals surface area contributed by atoms with E-state index in [-0.39, 0.29) is 5.91 Å². The molecule has 5 nitrogen and oxygen atoms in total. The van der Waals surface area contributed by atoms with Gasteiger partial charge in [-0.2, -0.15) is 5.10 Å². The normalized spacial score (nSPS) is 14.8. The van der Waals surface area contributed by atoms with Crippen molar-refractivity contribution in [3.05, 3.63) is 46.7 Å². The van der Waals surface area contributed by atoms with E-state index < -0.39 is 0 Å². The van der Waals surface area contributed by atoms with Crippen LogP contribution in [0, 0.1) is 12.8 Å². The number of hydrogen-bond acceptors (Lipinski definition) is 3. The number of benzene rings is 1. The highest BCUT2D eigenvalue weighted by molar-refractivity contribution is 6.31. The third kappa shape index (κ3) is 2.95. The van der Waals surface area contributed by atoms with E-state index in [1.54, 1.807) is 25.3 Å². The highest BCUT2D eigenvalue weighted by atomic mass is 35.5. The average Bonchev–Trinajstić information content (AvgIpc) is 2.87. The standard InChI is InChI=1S/C16H18ClN3O2/c1-11-6-18-20(7-11)10-12-8-19(9-12)16(21)14-5-13(17)3-4-15(14)22-2/h3-7,12H,8-10H2,1-2H3. The van der Waals surface area contributed by atoms with E-state index in [1.807, 2.05) is 28.9 Å². The number of carbonyl (C=O) groups excluding carboxylic acids is 1. The highest BCUT2D eigenvalue weighted by Gasteiger charge is 2.32. The molecule has 1 aromatic carbocycles. The van der Waals surface area contributed by atoms with Gasteiger partial charge in [0.05, 0.1) is 18.9 Å². The minimum Gasteiger partial charge on any atom is -0.496 e. The molecule has 0 unspecified atom stereocenters. The molecule has 0 aliphatic carbocycles. The van der Waals surface area contributed by atoms with Crippen LogP contribution in [-0.2, 0) is 6.54 Å². The van der Waals surface area contributed by atoms with Crippen LogP contribution in [-0.4, -0.2) is 40.8 Å². The Labute approximate surface area is 134 Å². The van der Waals surface area contributed by atoms with E-state index in [0.29, 0.717) is 22.3 Å². The first-order chi connectivity index (χ1) is 10.6. The molecule has 1 aliphatic heterocycles. The number of ether oxygens (including phenoxy) is 1. The predicted molar refractivity (Wildman–Crippen MR) is 84.4 cm³/mol. The Morgan fingerprint density at radius 1 is 1.45 bits per heavy atom. The fraction of sp³-hybridized carbons (Fsp3) is 0.375. The van der Waals surface area contributed by atoms with Crippen LogP contribution in [0.3, 0.4) is 0 Å². The van der Waals surface area contributed by atoms with Crippen LogP contribution in [0.4, 0.5) is 0 Å². The number of amides is 1. The molecule has 0 radical (unpaired) electrons. The summed E-state index contributed by atoms with van der Waals surface area (Å²) in [7, 11) is 1.55. The number of aromatic nitrogens is 2. The molecule has 1 amide bonds. The number of aryl methyl sites for hydroxylation is 1. The van der Waals surface area contributed by atoms with Crippen molar-refractivity contribution in [2.45, 2.75) is 13.5 Å². The predicted octanol–water partition coefficient (Wildman–Crippen LogP) is 2.63. The van der Waals surface area contributed by atoms with Crippen molar-refractivity contribution >= 4 is 17.5 Å². The maximum atomic E-state index is 12.5. The first-order valence-corrected chi connectivity index (χ1v) is 7.56. The topological polar surface area (TPSA) is 47.4 Å². The van der Waals surface area contributed by atoms with Gasteiger partial charge in [0.25, 0.3) is 5.91 Å². The molecule has 6 heteroatoms. The summed E-state index contributed by atoms with van der Waals surface area (Å²) < 4.78 is 7.18. The average molecular weight is 320 g/mol. The molecule has 2 heterocycles. The Hall–Kier alpha value is -2.01. The second kappa shape index (κ2) is 6.01. The molecular formula is C16H18ClN3O2. The van der Waals surface area contributed by atoms with Crippen molar-refractivity contribution in [2.75, 3.05) is 20.2 Å². The smallest absolute Gasteiger partial charge is 0.257 e. The Bertz CT molecular complexity index is 692. The van der Waals surface area contributed by atoms with Gasteiger partial charge in [0, 0.05) is 36.8 Å². The van der Waals surface area contributed by atoms with Gasteiger partial charge in [0.1, 0.15) is 5.75 Å². The highest BCUT2D eigenvalue weighted by Crippen LogP contribution is 2.27. The lowest BCUT2D eigenvalue weighted by molar-refractivity contribution is 0.0458. The number of halogens is 1. The Morgan fingerprint density at radius 3 is 2.86 bits per heavy atom. The fourth-order valence-corrected chi connectivity index (χ4v) is 2.87. The lowest BCUT2D eigenvalue weighted by Gasteiger charge is -2.39. The Morgan fingerprint density at radius 2 is 2.23 bits per heavy atom. The number of hydrogen-bond donors (Lipinski definition) is 0. The molecule has 0 atom stereocenters. The van der Waals surface area contributed by atoms with E-state index in [2.05, 4.69) is 5.10 Å². The molecule has 0 spiro atoms.